The molecule has 1 aromatic heterocycles. The molecule has 4 rings (SSSR count). The largest absolute Gasteiger partial charge is 0.354 e. The molecule has 1 aliphatic carbocycles. The molecule has 1 fully saturated rings. The molecule has 1 aliphatic heterocycles. The van der Waals surface area contributed by atoms with Gasteiger partial charge in [0.25, 0.3) is 0 Å². The van der Waals surface area contributed by atoms with E-state index in [2.05, 4.69) is 53.5 Å². The number of amides is 1. The van der Waals surface area contributed by atoms with Gasteiger partial charge in [-0.3, -0.25) is 9.69 Å². The molecule has 0 saturated carbocycles. The van der Waals surface area contributed by atoms with Gasteiger partial charge in [-0.1, -0.05) is 24.3 Å². The van der Waals surface area contributed by atoms with Crippen LogP contribution >= 0.6 is 11.3 Å². The second-order valence-electron chi connectivity index (χ2n) is 8.98. The van der Waals surface area contributed by atoms with E-state index in [4.69, 9.17) is 0 Å². The predicted molar refractivity (Wildman–Crippen MR) is 117 cm³/mol. The van der Waals surface area contributed by atoms with Crippen LogP contribution in [0, 0.1) is 6.92 Å². The van der Waals surface area contributed by atoms with Crippen molar-refractivity contribution < 1.29 is 4.79 Å². The molecule has 1 N–H and O–H groups in total. The van der Waals surface area contributed by atoms with Crippen molar-refractivity contribution in [3.63, 3.8) is 0 Å². The summed E-state index contributed by atoms with van der Waals surface area (Å²) in [5.74, 6) is 0.554. The number of nitrogens with zero attached hydrogens (tertiary/aromatic N) is 1. The minimum atomic E-state index is 0.192. The van der Waals surface area contributed by atoms with E-state index >= 15 is 0 Å². The van der Waals surface area contributed by atoms with E-state index in [-0.39, 0.29) is 17.4 Å². The Kier molecular flexibility index (Phi) is 5.62. The smallest absolute Gasteiger partial charge is 0.220 e. The first kappa shape index (κ1) is 19.7. The van der Waals surface area contributed by atoms with Crippen LogP contribution in [-0.2, 0) is 16.8 Å². The van der Waals surface area contributed by atoms with Crippen LogP contribution in [0.1, 0.15) is 66.3 Å². The SMILES string of the molecule is Cc1ccc(CN2CCC3(CC2)C[C@H](CC(=O)NC(C)C)c2ccccc23)s1. The fourth-order valence-corrected chi connectivity index (χ4v) is 6.15. The molecule has 1 saturated heterocycles. The van der Waals surface area contributed by atoms with Gasteiger partial charge in [0.15, 0.2) is 0 Å². The number of likely N-dealkylation sites (tertiary alicyclic amines) is 1. The van der Waals surface area contributed by atoms with Gasteiger partial charge < -0.3 is 5.32 Å². The number of rotatable bonds is 5. The second kappa shape index (κ2) is 8.00. The van der Waals surface area contributed by atoms with Gasteiger partial charge in [0.2, 0.25) is 5.91 Å². The summed E-state index contributed by atoms with van der Waals surface area (Å²) in [6.45, 7) is 9.63. The minimum absolute atomic E-state index is 0.192. The van der Waals surface area contributed by atoms with Crippen LogP contribution in [0.15, 0.2) is 36.4 Å². The molecule has 28 heavy (non-hydrogen) atoms. The van der Waals surface area contributed by atoms with Gasteiger partial charge in [0.05, 0.1) is 0 Å². The number of thiophene rings is 1. The second-order valence-corrected chi connectivity index (χ2v) is 10.4. The van der Waals surface area contributed by atoms with Gasteiger partial charge in [-0.05, 0) is 87.7 Å². The van der Waals surface area contributed by atoms with Crippen LogP contribution in [0.2, 0.25) is 0 Å². The number of aryl methyl sites for hydroxylation is 1. The highest BCUT2D eigenvalue weighted by atomic mass is 32.1. The first-order valence-electron chi connectivity index (χ1n) is 10.6. The Morgan fingerprint density at radius 1 is 1.21 bits per heavy atom. The maximum absolute atomic E-state index is 12.4. The average Bonchev–Trinajstić information content (AvgIpc) is 3.19. The number of carbonyl (C=O) groups excluding carboxylic acids is 1. The molecular formula is C24H32N2OS. The Morgan fingerprint density at radius 2 is 1.96 bits per heavy atom. The van der Waals surface area contributed by atoms with E-state index in [9.17, 15) is 4.79 Å². The normalized spacial score (nSPS) is 21.2. The van der Waals surface area contributed by atoms with E-state index in [1.165, 1.54) is 33.7 Å². The third kappa shape index (κ3) is 4.04. The van der Waals surface area contributed by atoms with Crippen molar-refractivity contribution in [2.45, 2.75) is 70.4 Å². The molecule has 4 heteroatoms. The highest BCUT2D eigenvalue weighted by Gasteiger charge is 2.45. The van der Waals surface area contributed by atoms with Gasteiger partial charge in [-0.2, -0.15) is 0 Å². The fourth-order valence-electron chi connectivity index (χ4n) is 5.22. The fraction of sp³-hybridized carbons (Fsp3) is 0.542. The third-order valence-corrected chi connectivity index (χ3v) is 7.46. The summed E-state index contributed by atoms with van der Waals surface area (Å²) >= 11 is 1.92. The molecule has 0 unspecified atom stereocenters. The summed E-state index contributed by atoms with van der Waals surface area (Å²) in [5, 5.41) is 3.08. The number of piperidine rings is 1. The number of hydrogen-bond donors (Lipinski definition) is 1. The first-order chi connectivity index (χ1) is 13.4. The van der Waals surface area contributed by atoms with E-state index in [0.717, 1.165) is 26.1 Å². The van der Waals surface area contributed by atoms with Gasteiger partial charge in [-0.25, -0.2) is 0 Å². The maximum atomic E-state index is 12.4. The monoisotopic (exact) mass is 396 g/mol. The summed E-state index contributed by atoms with van der Waals surface area (Å²) in [4.78, 5) is 17.9. The highest BCUT2D eigenvalue weighted by Crippen LogP contribution is 2.52. The molecular weight excluding hydrogens is 364 g/mol. The summed E-state index contributed by atoms with van der Waals surface area (Å²) < 4.78 is 0. The van der Waals surface area contributed by atoms with Crippen LogP contribution in [0.4, 0.5) is 0 Å². The van der Waals surface area contributed by atoms with Crippen molar-refractivity contribution in [2.75, 3.05) is 13.1 Å². The Bertz CT molecular complexity index is 833. The Morgan fingerprint density at radius 3 is 2.64 bits per heavy atom. The van der Waals surface area contributed by atoms with E-state index in [0.29, 0.717) is 12.3 Å². The zero-order valence-electron chi connectivity index (χ0n) is 17.3. The number of hydrogen-bond acceptors (Lipinski definition) is 3. The zero-order valence-corrected chi connectivity index (χ0v) is 18.1. The van der Waals surface area contributed by atoms with Crippen LogP contribution in [-0.4, -0.2) is 29.9 Å². The van der Waals surface area contributed by atoms with Crippen LogP contribution in [0.3, 0.4) is 0 Å². The van der Waals surface area contributed by atoms with Gasteiger partial charge in [0.1, 0.15) is 0 Å². The number of nitrogens with one attached hydrogen (secondary N) is 1. The Labute approximate surface area is 173 Å². The molecule has 1 aromatic carbocycles. The van der Waals surface area contributed by atoms with Crippen molar-refractivity contribution in [3.05, 3.63) is 57.3 Å². The summed E-state index contributed by atoms with van der Waals surface area (Å²) in [6, 6.07) is 13.6. The van der Waals surface area contributed by atoms with Crippen molar-refractivity contribution in [1.29, 1.82) is 0 Å². The first-order valence-corrected chi connectivity index (χ1v) is 11.4. The van der Waals surface area contributed by atoms with Crippen LogP contribution in [0.25, 0.3) is 0 Å². The molecule has 2 aromatic rings. The molecule has 2 heterocycles. The lowest BCUT2D eigenvalue weighted by Gasteiger charge is -2.40. The molecule has 150 valence electrons. The van der Waals surface area contributed by atoms with Crippen molar-refractivity contribution in [2.24, 2.45) is 0 Å². The summed E-state index contributed by atoms with van der Waals surface area (Å²) in [7, 11) is 0. The molecule has 0 bridgehead atoms. The van der Waals surface area contributed by atoms with Crippen molar-refractivity contribution in [1.82, 2.24) is 10.2 Å². The lowest BCUT2D eigenvalue weighted by Crippen LogP contribution is -2.41. The predicted octanol–water partition coefficient (Wildman–Crippen LogP) is 4.99. The average molecular weight is 397 g/mol. The van der Waals surface area contributed by atoms with Crippen molar-refractivity contribution >= 4 is 17.2 Å². The van der Waals surface area contributed by atoms with Gasteiger partial charge in [0, 0.05) is 28.8 Å². The summed E-state index contributed by atoms with van der Waals surface area (Å²) in [6.07, 6.45) is 4.16. The quantitative estimate of drug-likeness (QED) is 0.772. The van der Waals surface area contributed by atoms with Crippen LogP contribution in [0.5, 0.6) is 0 Å². The highest BCUT2D eigenvalue weighted by molar-refractivity contribution is 7.11. The topological polar surface area (TPSA) is 32.3 Å². The lowest BCUT2D eigenvalue weighted by atomic mass is 9.73. The molecule has 3 nitrogen and oxygen atoms in total. The number of carbonyl (C=O) groups is 1. The Hall–Kier alpha value is -1.65. The van der Waals surface area contributed by atoms with E-state index in [1.807, 2.05) is 25.2 Å². The van der Waals surface area contributed by atoms with Crippen LogP contribution < -0.4 is 5.32 Å². The molecule has 1 atom stereocenters. The number of fused-ring (bicyclic) bond motifs is 2. The third-order valence-electron chi connectivity index (χ3n) is 6.48. The van der Waals surface area contributed by atoms with E-state index in [1.54, 1.807) is 0 Å². The van der Waals surface area contributed by atoms with Gasteiger partial charge >= 0.3 is 0 Å². The molecule has 2 aliphatic rings. The van der Waals surface area contributed by atoms with Gasteiger partial charge in [-0.15, -0.1) is 11.3 Å². The Balaban J connectivity index is 1.45. The molecule has 1 amide bonds. The summed E-state index contributed by atoms with van der Waals surface area (Å²) in [5.41, 5.74) is 3.20. The van der Waals surface area contributed by atoms with Crippen molar-refractivity contribution in [3.8, 4) is 0 Å². The van der Waals surface area contributed by atoms with E-state index < -0.39 is 0 Å². The zero-order chi connectivity index (χ0) is 19.7. The standard InChI is InChI=1S/C24H32N2OS/c1-17(2)25-23(27)14-19-15-24(22-7-5-4-6-21(19)22)10-12-26(13-11-24)16-20-9-8-18(3)28-20/h4-9,17,19H,10-16H2,1-3H3,(H,25,27)/t19-/m0/s1. The lowest BCUT2D eigenvalue weighted by molar-refractivity contribution is -0.122. The minimum Gasteiger partial charge on any atom is -0.354 e. The molecule has 1 spiro atoms. The number of benzene rings is 1. The maximum Gasteiger partial charge on any atom is 0.220 e. The molecule has 0 radical (unpaired) electrons.